The van der Waals surface area contributed by atoms with Crippen molar-refractivity contribution in [3.05, 3.63) is 0 Å². The molecule has 3 nitrogen and oxygen atoms in total. The zero-order valence-electron chi connectivity index (χ0n) is 7.38. The summed E-state index contributed by atoms with van der Waals surface area (Å²) >= 11 is 0. The molecule has 12 heavy (non-hydrogen) atoms. The van der Waals surface area contributed by atoms with Gasteiger partial charge >= 0.3 is 0 Å². The van der Waals surface area contributed by atoms with E-state index in [1.165, 1.54) is 12.8 Å². The maximum Gasteiger partial charge on any atom is 0.123 e. The van der Waals surface area contributed by atoms with Crippen LogP contribution in [0.25, 0.3) is 0 Å². The monoisotopic (exact) mass is 192 g/mol. The fourth-order valence-electron chi connectivity index (χ4n) is 1.83. The molecule has 2 fully saturated rings. The summed E-state index contributed by atoms with van der Waals surface area (Å²) in [7, 11) is 0. The number of halogens is 1. The van der Waals surface area contributed by atoms with Crippen molar-refractivity contribution in [1.29, 1.82) is 0 Å². The molecule has 2 heterocycles. The third-order valence-corrected chi connectivity index (χ3v) is 2.44. The standard InChI is InChI=1S/C8H16N2O.ClH/c1-6-5-11-8(10-6)7-3-2-4-9-7;/h6-10H,2-5H2,1H3;1H. The zero-order valence-corrected chi connectivity index (χ0v) is 8.19. The second-order valence-electron chi connectivity index (χ2n) is 3.52. The minimum Gasteiger partial charge on any atom is -0.360 e. The Labute approximate surface area is 79.6 Å². The molecule has 2 aliphatic heterocycles. The van der Waals surface area contributed by atoms with E-state index in [1.807, 2.05) is 0 Å². The Morgan fingerprint density at radius 3 is 2.75 bits per heavy atom. The van der Waals surface area contributed by atoms with E-state index in [0.29, 0.717) is 12.1 Å². The molecule has 0 bridgehead atoms. The first kappa shape index (κ1) is 10.3. The van der Waals surface area contributed by atoms with E-state index in [0.717, 1.165) is 13.2 Å². The first-order valence-corrected chi connectivity index (χ1v) is 4.47. The maximum absolute atomic E-state index is 5.58. The fourth-order valence-corrected chi connectivity index (χ4v) is 1.83. The minimum absolute atomic E-state index is 0. The van der Waals surface area contributed by atoms with Gasteiger partial charge in [-0.05, 0) is 26.3 Å². The van der Waals surface area contributed by atoms with Crippen LogP contribution in [-0.2, 0) is 4.74 Å². The van der Waals surface area contributed by atoms with Crippen molar-refractivity contribution < 1.29 is 4.74 Å². The van der Waals surface area contributed by atoms with Crippen LogP contribution in [-0.4, -0.2) is 31.5 Å². The van der Waals surface area contributed by atoms with Crippen LogP contribution in [0.5, 0.6) is 0 Å². The predicted octanol–water partition coefficient (Wildman–Crippen LogP) is 0.495. The number of nitrogens with one attached hydrogen (secondary N) is 2. The third kappa shape index (κ3) is 2.10. The van der Waals surface area contributed by atoms with Gasteiger partial charge in [-0.2, -0.15) is 0 Å². The van der Waals surface area contributed by atoms with Crippen LogP contribution in [0.4, 0.5) is 0 Å². The van der Waals surface area contributed by atoms with Gasteiger partial charge in [-0.1, -0.05) is 0 Å². The number of rotatable bonds is 1. The molecule has 2 N–H and O–H groups in total. The molecule has 4 heteroatoms. The lowest BCUT2D eigenvalue weighted by Gasteiger charge is -2.18. The van der Waals surface area contributed by atoms with Gasteiger partial charge in [0.25, 0.3) is 0 Å². The van der Waals surface area contributed by atoms with Crippen LogP contribution in [0.2, 0.25) is 0 Å². The van der Waals surface area contributed by atoms with Gasteiger partial charge in [0.15, 0.2) is 0 Å². The molecule has 0 spiro atoms. The predicted molar refractivity (Wildman–Crippen MR) is 50.6 cm³/mol. The molecule has 2 saturated heterocycles. The van der Waals surface area contributed by atoms with E-state index in [-0.39, 0.29) is 18.6 Å². The molecule has 2 rings (SSSR count). The second-order valence-corrected chi connectivity index (χ2v) is 3.52. The topological polar surface area (TPSA) is 33.3 Å². The van der Waals surface area contributed by atoms with Crippen molar-refractivity contribution in [1.82, 2.24) is 10.6 Å². The first-order valence-electron chi connectivity index (χ1n) is 4.47. The summed E-state index contributed by atoms with van der Waals surface area (Å²) in [5, 5.41) is 6.84. The SMILES string of the molecule is CC1COC(C2CCCN2)N1.Cl. The Kier molecular flexibility index (Phi) is 3.77. The Morgan fingerprint density at radius 2 is 2.25 bits per heavy atom. The molecular formula is C8H17ClN2O. The van der Waals surface area contributed by atoms with Crippen LogP contribution in [0.15, 0.2) is 0 Å². The van der Waals surface area contributed by atoms with E-state index < -0.39 is 0 Å². The van der Waals surface area contributed by atoms with Crippen LogP contribution < -0.4 is 10.6 Å². The average Bonchev–Trinajstić information content (AvgIpc) is 2.55. The van der Waals surface area contributed by atoms with Gasteiger partial charge in [-0.3, -0.25) is 5.32 Å². The van der Waals surface area contributed by atoms with E-state index in [1.54, 1.807) is 0 Å². The van der Waals surface area contributed by atoms with Gasteiger partial charge in [0.2, 0.25) is 0 Å². The van der Waals surface area contributed by atoms with Crippen LogP contribution in [0.3, 0.4) is 0 Å². The summed E-state index contributed by atoms with van der Waals surface area (Å²) in [6.45, 7) is 4.18. The quantitative estimate of drug-likeness (QED) is 0.635. The van der Waals surface area contributed by atoms with Crippen LogP contribution >= 0.6 is 12.4 Å². The van der Waals surface area contributed by atoms with Gasteiger partial charge < -0.3 is 10.1 Å². The Balaban J connectivity index is 0.000000720. The van der Waals surface area contributed by atoms with Crippen molar-refractivity contribution in [2.75, 3.05) is 13.2 Å². The average molecular weight is 193 g/mol. The molecule has 3 atom stereocenters. The van der Waals surface area contributed by atoms with E-state index in [9.17, 15) is 0 Å². The fraction of sp³-hybridized carbons (Fsp3) is 1.00. The van der Waals surface area contributed by atoms with Crippen LogP contribution in [0.1, 0.15) is 19.8 Å². The molecule has 0 aliphatic carbocycles. The van der Waals surface area contributed by atoms with Crippen LogP contribution in [0, 0.1) is 0 Å². The van der Waals surface area contributed by atoms with Gasteiger partial charge in [0.05, 0.1) is 6.61 Å². The number of hydrogen-bond acceptors (Lipinski definition) is 3. The van der Waals surface area contributed by atoms with Crippen molar-refractivity contribution in [3.8, 4) is 0 Å². The molecule has 0 aromatic heterocycles. The van der Waals surface area contributed by atoms with Gasteiger partial charge in [0, 0.05) is 12.1 Å². The van der Waals surface area contributed by atoms with Crippen molar-refractivity contribution in [3.63, 3.8) is 0 Å². The van der Waals surface area contributed by atoms with Crippen molar-refractivity contribution >= 4 is 12.4 Å². The highest BCUT2D eigenvalue weighted by molar-refractivity contribution is 5.85. The highest BCUT2D eigenvalue weighted by Crippen LogP contribution is 2.14. The molecule has 0 saturated carbocycles. The first-order chi connectivity index (χ1) is 5.36. The zero-order chi connectivity index (χ0) is 7.68. The summed E-state index contributed by atoms with van der Waals surface area (Å²) in [5.41, 5.74) is 0. The highest BCUT2D eigenvalue weighted by atomic mass is 35.5. The summed E-state index contributed by atoms with van der Waals surface area (Å²) < 4.78 is 5.58. The van der Waals surface area contributed by atoms with Gasteiger partial charge in [-0.25, -0.2) is 0 Å². The van der Waals surface area contributed by atoms with Crippen molar-refractivity contribution in [2.45, 2.75) is 38.1 Å². The summed E-state index contributed by atoms with van der Waals surface area (Å²) in [5.74, 6) is 0. The molecule has 72 valence electrons. The van der Waals surface area contributed by atoms with Gasteiger partial charge in [-0.15, -0.1) is 12.4 Å². The highest BCUT2D eigenvalue weighted by Gasteiger charge is 2.30. The second kappa shape index (κ2) is 4.42. The Hall–Kier alpha value is 0.170. The number of ether oxygens (including phenoxy) is 1. The minimum atomic E-state index is 0. The molecule has 0 aromatic rings. The lowest BCUT2D eigenvalue weighted by atomic mass is 10.2. The van der Waals surface area contributed by atoms with Crippen molar-refractivity contribution in [2.24, 2.45) is 0 Å². The normalized spacial score (nSPS) is 41.2. The molecule has 0 radical (unpaired) electrons. The molecular weight excluding hydrogens is 176 g/mol. The largest absolute Gasteiger partial charge is 0.360 e. The summed E-state index contributed by atoms with van der Waals surface area (Å²) in [6, 6.07) is 1.09. The molecule has 2 aliphatic rings. The van der Waals surface area contributed by atoms with E-state index in [4.69, 9.17) is 4.74 Å². The Bertz CT molecular complexity index is 139. The lowest BCUT2D eigenvalue weighted by Crippen LogP contribution is -2.43. The number of hydrogen-bond donors (Lipinski definition) is 2. The molecule has 3 unspecified atom stereocenters. The lowest BCUT2D eigenvalue weighted by molar-refractivity contribution is 0.0734. The summed E-state index contributed by atoms with van der Waals surface area (Å²) in [6.07, 6.45) is 2.82. The summed E-state index contributed by atoms with van der Waals surface area (Å²) in [4.78, 5) is 0. The Morgan fingerprint density at radius 1 is 1.42 bits per heavy atom. The van der Waals surface area contributed by atoms with E-state index in [2.05, 4.69) is 17.6 Å². The van der Waals surface area contributed by atoms with E-state index >= 15 is 0 Å². The van der Waals surface area contributed by atoms with Gasteiger partial charge in [0.1, 0.15) is 6.23 Å². The molecule has 0 aromatic carbocycles. The maximum atomic E-state index is 5.58. The third-order valence-electron chi connectivity index (χ3n) is 2.44. The molecule has 0 amide bonds. The smallest absolute Gasteiger partial charge is 0.123 e.